The molecule has 0 heterocycles. The van der Waals surface area contributed by atoms with Crippen molar-refractivity contribution in [3.8, 4) is 0 Å². The quantitative estimate of drug-likeness (QED) is 0.0261. The molecule has 0 radical (unpaired) electrons. The minimum atomic E-state index is -0.789. The van der Waals surface area contributed by atoms with Crippen LogP contribution in [-0.2, 0) is 28.6 Å². The summed E-state index contributed by atoms with van der Waals surface area (Å²) in [6.45, 7) is 6.53. The van der Waals surface area contributed by atoms with Gasteiger partial charge in [-0.2, -0.15) is 0 Å². The molecule has 0 rings (SSSR count). The van der Waals surface area contributed by atoms with Crippen molar-refractivity contribution >= 4 is 17.9 Å². The Hall–Kier alpha value is -3.93. The zero-order valence-corrected chi connectivity index (χ0v) is 54.7. The van der Waals surface area contributed by atoms with Gasteiger partial charge in [0.2, 0.25) is 0 Å². The van der Waals surface area contributed by atoms with Crippen LogP contribution in [0.25, 0.3) is 0 Å². The Labute approximate surface area is 514 Å². The number of esters is 3. The van der Waals surface area contributed by atoms with Gasteiger partial charge in [0.25, 0.3) is 0 Å². The number of carbonyl (C=O) groups excluding carboxylic acids is 3. The molecule has 6 heteroatoms. The minimum absolute atomic E-state index is 0.0818. The summed E-state index contributed by atoms with van der Waals surface area (Å²) in [5, 5.41) is 0. The lowest BCUT2D eigenvalue weighted by Crippen LogP contribution is -2.30. The molecule has 0 saturated carbocycles. The molecule has 0 aliphatic carbocycles. The van der Waals surface area contributed by atoms with Gasteiger partial charge in [0, 0.05) is 19.3 Å². The van der Waals surface area contributed by atoms with Crippen molar-refractivity contribution in [2.24, 2.45) is 0 Å². The first-order chi connectivity index (χ1) is 41.0. The van der Waals surface area contributed by atoms with Crippen molar-refractivity contribution in [1.29, 1.82) is 0 Å². The van der Waals surface area contributed by atoms with Gasteiger partial charge < -0.3 is 14.2 Å². The standard InChI is InChI=1S/C77H132O6/c1-4-7-10-13-16-19-22-25-28-31-33-34-35-36-37-38-39-40-41-42-44-46-49-52-55-58-61-64-67-70-76(79)82-73-74(72-81-75(78)69-66-63-60-57-54-51-48-45-30-27-24-21-18-15-12-9-6-3)83-77(80)71-68-65-62-59-56-53-50-47-43-32-29-26-23-20-17-14-11-8-5-2/h7,10,16-17,19-20,25-26,28-29,33-34,36-37,39-40,43,47,74H,4-6,8-9,11-15,18,21-24,27,30-32,35,38,41-42,44-46,48-73H2,1-3H3/b10-7-,19-16-,20-17-,28-25-,29-26-,34-33-,37-36-,40-39-,47-43-. The predicted molar refractivity (Wildman–Crippen MR) is 362 cm³/mol. The van der Waals surface area contributed by atoms with Crippen molar-refractivity contribution in [3.63, 3.8) is 0 Å². The molecule has 0 saturated heterocycles. The van der Waals surface area contributed by atoms with Crippen molar-refractivity contribution in [3.05, 3.63) is 109 Å². The molecule has 0 aliphatic heterocycles. The molecule has 1 unspecified atom stereocenters. The Morgan fingerprint density at radius 2 is 0.470 bits per heavy atom. The Morgan fingerprint density at radius 3 is 0.759 bits per heavy atom. The Morgan fingerprint density at radius 1 is 0.253 bits per heavy atom. The number of allylic oxidation sites excluding steroid dienone is 18. The molecule has 0 aromatic heterocycles. The molecular formula is C77H132O6. The van der Waals surface area contributed by atoms with Crippen LogP contribution >= 0.6 is 0 Å². The van der Waals surface area contributed by atoms with E-state index in [2.05, 4.69) is 130 Å². The lowest BCUT2D eigenvalue weighted by molar-refractivity contribution is -0.167. The molecule has 0 amide bonds. The van der Waals surface area contributed by atoms with Gasteiger partial charge in [-0.15, -0.1) is 0 Å². The summed E-state index contributed by atoms with van der Waals surface area (Å²) in [6.07, 6.45) is 96.7. The van der Waals surface area contributed by atoms with Crippen LogP contribution in [0.2, 0.25) is 0 Å². The number of carbonyl (C=O) groups is 3. The highest BCUT2D eigenvalue weighted by Crippen LogP contribution is 2.17. The number of rotatable bonds is 64. The second kappa shape index (κ2) is 70.6. The minimum Gasteiger partial charge on any atom is -0.462 e. The fourth-order valence-corrected chi connectivity index (χ4v) is 9.99. The maximum Gasteiger partial charge on any atom is 0.306 e. The van der Waals surface area contributed by atoms with Crippen LogP contribution in [0.15, 0.2) is 109 Å². The summed E-state index contributed by atoms with van der Waals surface area (Å²) in [5.74, 6) is -0.883. The summed E-state index contributed by atoms with van der Waals surface area (Å²) < 4.78 is 17.0. The van der Waals surface area contributed by atoms with E-state index in [1.807, 2.05) is 0 Å². The Bertz CT molecular complexity index is 1660. The highest BCUT2D eigenvalue weighted by Gasteiger charge is 2.19. The smallest absolute Gasteiger partial charge is 0.306 e. The van der Waals surface area contributed by atoms with Gasteiger partial charge in [0.1, 0.15) is 13.2 Å². The molecule has 0 aromatic rings. The first kappa shape index (κ1) is 79.1. The van der Waals surface area contributed by atoms with Crippen LogP contribution in [0.3, 0.4) is 0 Å². The largest absolute Gasteiger partial charge is 0.462 e. The SMILES string of the molecule is CC/C=C\C/C=C\C/C=C\C/C=C\C/C=C\C/C=C\CCCCCCCCCCCCC(=O)OCC(COC(=O)CCCCCCCCCCCCCCCCCCC)OC(=O)CCCCCCCC/C=C\C/C=C\C/C=C\CCCCC. The molecular weight excluding hydrogens is 1020 g/mol. The number of ether oxygens (including phenoxy) is 3. The van der Waals surface area contributed by atoms with E-state index < -0.39 is 6.10 Å². The topological polar surface area (TPSA) is 78.9 Å². The zero-order valence-electron chi connectivity index (χ0n) is 54.7. The van der Waals surface area contributed by atoms with Gasteiger partial charge in [-0.05, 0) is 109 Å². The van der Waals surface area contributed by atoms with Crippen LogP contribution in [0.1, 0.15) is 342 Å². The van der Waals surface area contributed by atoms with Crippen molar-refractivity contribution in [2.75, 3.05) is 13.2 Å². The third-order valence-electron chi connectivity index (χ3n) is 15.3. The third kappa shape index (κ3) is 68.7. The van der Waals surface area contributed by atoms with Crippen LogP contribution in [0.5, 0.6) is 0 Å². The number of hydrogen-bond acceptors (Lipinski definition) is 6. The lowest BCUT2D eigenvalue weighted by atomic mass is 10.0. The van der Waals surface area contributed by atoms with E-state index in [4.69, 9.17) is 14.2 Å². The van der Waals surface area contributed by atoms with Gasteiger partial charge in [0.15, 0.2) is 6.10 Å². The summed E-state index contributed by atoms with van der Waals surface area (Å²) in [4.78, 5) is 38.5. The fourth-order valence-electron chi connectivity index (χ4n) is 9.99. The molecule has 0 N–H and O–H groups in total. The van der Waals surface area contributed by atoms with Crippen molar-refractivity contribution in [2.45, 2.75) is 348 Å². The molecule has 6 nitrogen and oxygen atoms in total. The summed E-state index contributed by atoms with van der Waals surface area (Å²) in [7, 11) is 0. The van der Waals surface area contributed by atoms with Gasteiger partial charge >= 0.3 is 17.9 Å². The van der Waals surface area contributed by atoms with Gasteiger partial charge in [0.05, 0.1) is 0 Å². The van der Waals surface area contributed by atoms with E-state index in [-0.39, 0.29) is 31.1 Å². The van der Waals surface area contributed by atoms with E-state index >= 15 is 0 Å². The number of unbranched alkanes of at least 4 members (excludes halogenated alkanes) is 35. The maximum absolute atomic E-state index is 13.0. The lowest BCUT2D eigenvalue weighted by Gasteiger charge is -2.18. The molecule has 0 aromatic carbocycles. The van der Waals surface area contributed by atoms with E-state index in [1.165, 1.54) is 180 Å². The molecule has 0 bridgehead atoms. The molecule has 83 heavy (non-hydrogen) atoms. The first-order valence-electron chi connectivity index (χ1n) is 35.4. The molecule has 1 atom stereocenters. The first-order valence-corrected chi connectivity index (χ1v) is 35.4. The van der Waals surface area contributed by atoms with Crippen LogP contribution in [0, 0.1) is 0 Å². The normalized spacial score (nSPS) is 12.8. The highest BCUT2D eigenvalue weighted by molar-refractivity contribution is 5.71. The summed E-state index contributed by atoms with van der Waals surface area (Å²) in [5.41, 5.74) is 0. The second-order valence-corrected chi connectivity index (χ2v) is 23.4. The van der Waals surface area contributed by atoms with Crippen LogP contribution in [-0.4, -0.2) is 37.2 Å². The van der Waals surface area contributed by atoms with Gasteiger partial charge in [-0.1, -0.05) is 323 Å². The number of hydrogen-bond donors (Lipinski definition) is 0. The molecule has 0 aliphatic rings. The summed E-state index contributed by atoms with van der Waals surface area (Å²) in [6, 6.07) is 0. The Kier molecular flexibility index (Phi) is 67.2. The average Bonchev–Trinajstić information content (AvgIpc) is 3.49. The average molecular weight is 1150 g/mol. The van der Waals surface area contributed by atoms with E-state index in [0.29, 0.717) is 19.3 Å². The van der Waals surface area contributed by atoms with Crippen molar-refractivity contribution in [1.82, 2.24) is 0 Å². The molecule has 0 fully saturated rings. The predicted octanol–water partition coefficient (Wildman–Crippen LogP) is 24.6. The Balaban J connectivity index is 4.35. The van der Waals surface area contributed by atoms with Crippen molar-refractivity contribution < 1.29 is 28.6 Å². The third-order valence-corrected chi connectivity index (χ3v) is 15.3. The molecule has 0 spiro atoms. The van der Waals surface area contributed by atoms with E-state index in [9.17, 15) is 14.4 Å². The fraction of sp³-hybridized carbons (Fsp3) is 0.727. The summed E-state index contributed by atoms with van der Waals surface area (Å²) >= 11 is 0. The van der Waals surface area contributed by atoms with Crippen LogP contribution in [0.4, 0.5) is 0 Å². The second-order valence-electron chi connectivity index (χ2n) is 23.4. The van der Waals surface area contributed by atoms with E-state index in [0.717, 1.165) is 122 Å². The van der Waals surface area contributed by atoms with Crippen LogP contribution < -0.4 is 0 Å². The van der Waals surface area contributed by atoms with Gasteiger partial charge in [-0.3, -0.25) is 14.4 Å². The highest BCUT2D eigenvalue weighted by atomic mass is 16.6. The monoisotopic (exact) mass is 1150 g/mol. The maximum atomic E-state index is 13.0. The van der Waals surface area contributed by atoms with Gasteiger partial charge in [-0.25, -0.2) is 0 Å². The molecule has 476 valence electrons. The van der Waals surface area contributed by atoms with E-state index in [1.54, 1.807) is 0 Å². The zero-order chi connectivity index (χ0) is 59.9.